The number of aliphatic hydroxyl groups excluding tert-OH is 2. The first-order valence-corrected chi connectivity index (χ1v) is 7.88. The van der Waals surface area contributed by atoms with Crippen molar-refractivity contribution in [3.63, 3.8) is 0 Å². The molecular formula is C16H24Cl2O2Zr. The molecule has 2 N–H and O–H groups in total. The third-order valence-corrected chi connectivity index (χ3v) is 2.34. The quantitative estimate of drug-likeness (QED) is 0.698. The summed E-state index contributed by atoms with van der Waals surface area (Å²) >= 11 is 1.51. The summed E-state index contributed by atoms with van der Waals surface area (Å²) in [6.07, 6.45) is 17.5. The molecule has 5 heteroatoms. The summed E-state index contributed by atoms with van der Waals surface area (Å²) in [5.41, 5.74) is 2.43. The Balaban J connectivity index is -0.000000242. The summed E-state index contributed by atoms with van der Waals surface area (Å²) in [5, 5.41) is 16.9. The normalized spacial score (nSPS) is 13.6. The summed E-state index contributed by atoms with van der Waals surface area (Å²) < 4.78 is 2.09. The van der Waals surface area contributed by atoms with E-state index in [1.807, 2.05) is 19.1 Å². The van der Waals surface area contributed by atoms with E-state index >= 15 is 0 Å². The third-order valence-electron chi connectivity index (χ3n) is 2.34. The van der Waals surface area contributed by atoms with Crippen LogP contribution in [0.25, 0.3) is 0 Å². The summed E-state index contributed by atoms with van der Waals surface area (Å²) in [6, 6.07) is 0. The van der Waals surface area contributed by atoms with E-state index in [0.29, 0.717) is 0 Å². The number of halogens is 2. The first kappa shape index (κ1) is 26.1. The Kier molecular flexibility index (Phi) is 25.1. The molecule has 0 unspecified atom stereocenters. The molecule has 0 aliphatic heterocycles. The van der Waals surface area contributed by atoms with E-state index in [0.717, 1.165) is 25.7 Å². The van der Waals surface area contributed by atoms with Crippen molar-refractivity contribution >= 4 is 28.5 Å². The number of aliphatic hydroxyl groups is 2. The molecule has 0 bridgehead atoms. The molecule has 0 radical (unpaired) electrons. The van der Waals surface area contributed by atoms with Crippen LogP contribution in [0.1, 0.15) is 32.6 Å². The first-order chi connectivity index (χ1) is 9.28. The average Bonchev–Trinajstić information content (AvgIpc) is 3.05. The maximum Gasteiger partial charge on any atom is 0.0318 e. The van der Waals surface area contributed by atoms with Crippen molar-refractivity contribution in [2.75, 3.05) is 13.2 Å². The van der Waals surface area contributed by atoms with Crippen molar-refractivity contribution in [3.05, 3.63) is 47.6 Å². The molecule has 0 aromatic rings. The van der Waals surface area contributed by atoms with Crippen molar-refractivity contribution in [2.45, 2.75) is 32.6 Å². The number of rotatable bonds is 4. The second-order valence-corrected chi connectivity index (χ2v) is 5.32. The van der Waals surface area contributed by atoms with Crippen LogP contribution in [0.15, 0.2) is 35.5 Å². The van der Waals surface area contributed by atoms with Gasteiger partial charge in [0, 0.05) is 13.2 Å². The Hall–Kier alpha value is 0.213. The topological polar surface area (TPSA) is 40.5 Å². The smallest absolute Gasteiger partial charge is 0.0318 e. The van der Waals surface area contributed by atoms with E-state index in [-0.39, 0.29) is 38.0 Å². The van der Waals surface area contributed by atoms with Gasteiger partial charge in [-0.2, -0.15) is 23.3 Å². The Morgan fingerprint density at radius 3 is 1.52 bits per heavy atom. The number of hydrogen-bond acceptors (Lipinski definition) is 2. The van der Waals surface area contributed by atoms with Gasteiger partial charge in [0.25, 0.3) is 0 Å². The van der Waals surface area contributed by atoms with Gasteiger partial charge < -0.3 is 10.2 Å². The molecule has 118 valence electrons. The van der Waals surface area contributed by atoms with Crippen molar-refractivity contribution in [2.24, 2.45) is 0 Å². The van der Waals surface area contributed by atoms with Gasteiger partial charge in [0.15, 0.2) is 0 Å². The second kappa shape index (κ2) is 20.2. The van der Waals surface area contributed by atoms with Crippen LogP contribution in [0, 0.1) is 12.2 Å². The fourth-order valence-corrected chi connectivity index (χ4v) is 1.48. The van der Waals surface area contributed by atoms with Gasteiger partial charge in [-0.3, -0.25) is 12.2 Å². The predicted molar refractivity (Wildman–Crippen MR) is 90.7 cm³/mol. The maximum absolute atomic E-state index is 8.44. The van der Waals surface area contributed by atoms with Crippen LogP contribution in [0.3, 0.4) is 0 Å². The van der Waals surface area contributed by atoms with Gasteiger partial charge in [0.05, 0.1) is 0 Å². The van der Waals surface area contributed by atoms with Crippen LogP contribution in [-0.4, -0.2) is 27.1 Å². The van der Waals surface area contributed by atoms with Crippen LogP contribution in [0.4, 0.5) is 0 Å². The van der Waals surface area contributed by atoms with E-state index in [9.17, 15) is 0 Å². The van der Waals surface area contributed by atoms with E-state index in [2.05, 4.69) is 28.0 Å². The fraction of sp³-hybridized carbons (Fsp3) is 0.438. The Bertz CT molecular complexity index is 329. The minimum absolute atomic E-state index is 0. The predicted octanol–water partition coefficient (Wildman–Crippen LogP) is 3.32. The summed E-state index contributed by atoms with van der Waals surface area (Å²) in [7, 11) is 0. The third kappa shape index (κ3) is 16.4. The van der Waals surface area contributed by atoms with E-state index in [1.165, 1.54) is 35.4 Å². The minimum atomic E-state index is 0. The molecule has 0 atom stereocenters. The van der Waals surface area contributed by atoms with Crippen molar-refractivity contribution in [1.82, 2.24) is 0 Å². The van der Waals surface area contributed by atoms with Crippen LogP contribution in [-0.2, 0) is 24.2 Å². The van der Waals surface area contributed by atoms with Crippen LogP contribution in [0.2, 0.25) is 0 Å². The Morgan fingerprint density at radius 1 is 1.00 bits per heavy atom. The van der Waals surface area contributed by atoms with Gasteiger partial charge in [-0.05, 0) is 0 Å². The zero-order chi connectivity index (χ0) is 14.3. The molecule has 0 saturated carbocycles. The standard InChI is InChI=1S/2C7H9O.C2H4.2ClH.Zr/c2*8-6-5-7-3-1-2-4-7;1-2;;;/h2*3-4,8H,1,5-6H2;1H,2H3;2*1H;/q2*-1;;;;+2. The van der Waals surface area contributed by atoms with E-state index < -0.39 is 0 Å². The molecular weight excluding hydrogens is 386 g/mol. The molecule has 0 heterocycles. The van der Waals surface area contributed by atoms with Gasteiger partial charge in [0.1, 0.15) is 0 Å². The van der Waals surface area contributed by atoms with Crippen LogP contribution >= 0.6 is 24.8 Å². The molecule has 0 aromatic heterocycles. The van der Waals surface area contributed by atoms with Crippen molar-refractivity contribution in [1.29, 1.82) is 0 Å². The zero-order valence-corrected chi connectivity index (χ0v) is 16.4. The van der Waals surface area contributed by atoms with Gasteiger partial charge in [-0.25, -0.2) is 12.2 Å². The Morgan fingerprint density at radius 2 is 1.33 bits per heavy atom. The van der Waals surface area contributed by atoms with Crippen molar-refractivity contribution < 1.29 is 34.4 Å². The molecule has 0 spiro atoms. The molecule has 0 aromatic carbocycles. The van der Waals surface area contributed by atoms with Gasteiger partial charge in [0.2, 0.25) is 0 Å². The summed E-state index contributed by atoms with van der Waals surface area (Å²) in [5.74, 6) is 0. The molecule has 2 aliphatic carbocycles. The second-order valence-electron chi connectivity index (χ2n) is 3.90. The summed E-state index contributed by atoms with van der Waals surface area (Å²) in [6.45, 7) is 2.55. The Labute approximate surface area is 155 Å². The van der Waals surface area contributed by atoms with Crippen molar-refractivity contribution in [3.8, 4) is 0 Å². The molecule has 2 aliphatic rings. The fourth-order valence-electron chi connectivity index (χ4n) is 1.48. The molecule has 0 saturated heterocycles. The maximum atomic E-state index is 8.44. The number of hydrogen-bond donors (Lipinski definition) is 2. The number of allylic oxidation sites excluding steroid dienone is 6. The largest absolute Gasteiger partial charge is 0.398 e. The zero-order valence-electron chi connectivity index (χ0n) is 12.3. The average molecular weight is 410 g/mol. The minimum Gasteiger partial charge on any atom is -0.398 e. The van der Waals surface area contributed by atoms with E-state index in [4.69, 9.17) is 10.2 Å². The molecule has 21 heavy (non-hydrogen) atoms. The van der Waals surface area contributed by atoms with Gasteiger partial charge in [-0.15, -0.1) is 37.7 Å². The molecule has 2 rings (SSSR count). The van der Waals surface area contributed by atoms with Crippen LogP contribution in [0.5, 0.6) is 0 Å². The first-order valence-electron chi connectivity index (χ1n) is 6.46. The van der Waals surface area contributed by atoms with Gasteiger partial charge in [-0.1, -0.05) is 12.8 Å². The molecule has 2 nitrogen and oxygen atoms in total. The van der Waals surface area contributed by atoms with E-state index in [1.54, 1.807) is 0 Å². The van der Waals surface area contributed by atoms with Gasteiger partial charge >= 0.3 is 34.9 Å². The van der Waals surface area contributed by atoms with Crippen LogP contribution < -0.4 is 0 Å². The summed E-state index contributed by atoms with van der Waals surface area (Å²) in [4.78, 5) is 0. The monoisotopic (exact) mass is 408 g/mol. The molecule has 0 amide bonds. The molecule has 0 fully saturated rings. The SMILES string of the molecule is C[CH]=[Zr+2].Cl.Cl.OCCC1=CC[C-]=C1.OCCC1=CC[C-]=C1.